The molecule has 2 aromatic carbocycles. The molecule has 9 nitrogen and oxygen atoms in total. The Morgan fingerprint density at radius 1 is 1.00 bits per heavy atom. The van der Waals surface area contributed by atoms with Gasteiger partial charge < -0.3 is 5.32 Å². The van der Waals surface area contributed by atoms with Crippen molar-refractivity contribution in [2.24, 2.45) is 0 Å². The molecule has 12 heteroatoms. The lowest BCUT2D eigenvalue weighted by molar-refractivity contribution is -0.137. The van der Waals surface area contributed by atoms with Gasteiger partial charge in [0.05, 0.1) is 28.2 Å². The van der Waals surface area contributed by atoms with Crippen molar-refractivity contribution < 1.29 is 18.0 Å². The molecule has 0 aliphatic carbocycles. The molecule has 0 atom stereocenters. The number of alkyl halides is 3. The molecule has 0 saturated carbocycles. The zero-order valence-electron chi connectivity index (χ0n) is 14.4. The summed E-state index contributed by atoms with van der Waals surface area (Å²) in [5.74, 6) is -0.642. The van der Waals surface area contributed by atoms with Crippen LogP contribution in [0.15, 0.2) is 61.4 Å². The maximum Gasteiger partial charge on any atom is 0.416 e. The van der Waals surface area contributed by atoms with E-state index in [0.29, 0.717) is 5.69 Å². The van der Waals surface area contributed by atoms with Crippen LogP contribution in [0, 0.1) is 0 Å². The largest absolute Gasteiger partial charge is 0.416 e. The van der Waals surface area contributed by atoms with Gasteiger partial charge in [-0.05, 0) is 40.8 Å². The average Bonchev–Trinajstić information content (AvgIpc) is 3.41. The fourth-order valence-electron chi connectivity index (χ4n) is 2.67. The first kappa shape index (κ1) is 18.3. The lowest BCUT2D eigenvalue weighted by Gasteiger charge is -2.15. The minimum atomic E-state index is -4.58. The molecule has 0 saturated heterocycles. The maximum atomic E-state index is 13.2. The van der Waals surface area contributed by atoms with Gasteiger partial charge in [-0.3, -0.25) is 4.79 Å². The smallest absolute Gasteiger partial charge is 0.320 e. The summed E-state index contributed by atoms with van der Waals surface area (Å²) in [6.07, 6.45) is -0.731. The molecule has 0 aliphatic rings. The van der Waals surface area contributed by atoms with Crippen LogP contribution >= 0.6 is 0 Å². The van der Waals surface area contributed by atoms with Crippen molar-refractivity contribution in [3.05, 3.63) is 72.6 Å². The van der Waals surface area contributed by atoms with E-state index in [1.807, 2.05) is 0 Å². The van der Waals surface area contributed by atoms with E-state index in [1.165, 1.54) is 40.5 Å². The summed E-state index contributed by atoms with van der Waals surface area (Å²) in [4.78, 5) is 16.7. The quantitative estimate of drug-likeness (QED) is 0.565. The van der Waals surface area contributed by atoms with E-state index >= 15 is 0 Å². The second-order valence-corrected chi connectivity index (χ2v) is 5.80. The Labute approximate surface area is 160 Å². The second-order valence-electron chi connectivity index (χ2n) is 5.80. The lowest BCUT2D eigenvalue weighted by Crippen LogP contribution is -2.18. The second kappa shape index (κ2) is 7.14. The molecule has 0 unspecified atom stereocenters. The van der Waals surface area contributed by atoms with E-state index in [9.17, 15) is 18.0 Å². The number of hydrogen-bond donors (Lipinski definition) is 1. The summed E-state index contributed by atoms with van der Waals surface area (Å²) < 4.78 is 42.1. The monoisotopic (exact) mass is 400 g/mol. The topological polar surface area (TPSA) is 103 Å². The van der Waals surface area contributed by atoms with Crippen molar-refractivity contribution in [2.75, 3.05) is 5.32 Å². The number of nitrogens with zero attached hydrogens (tertiary/aromatic N) is 7. The highest BCUT2D eigenvalue weighted by Crippen LogP contribution is 2.33. The number of benzene rings is 2. The third-order valence-corrected chi connectivity index (χ3v) is 3.98. The summed E-state index contributed by atoms with van der Waals surface area (Å²) in [6, 6.07) is 9.37. The molecule has 0 aliphatic heterocycles. The van der Waals surface area contributed by atoms with E-state index in [-0.39, 0.29) is 16.9 Å². The van der Waals surface area contributed by atoms with Crippen LogP contribution < -0.4 is 5.32 Å². The van der Waals surface area contributed by atoms with E-state index in [0.717, 1.165) is 12.1 Å². The van der Waals surface area contributed by atoms with Crippen molar-refractivity contribution in [1.29, 1.82) is 0 Å². The number of tetrazole rings is 1. The summed E-state index contributed by atoms with van der Waals surface area (Å²) >= 11 is 0. The Bertz CT molecular complexity index is 1140. The Kier molecular flexibility index (Phi) is 4.50. The molecular weight excluding hydrogens is 389 g/mol. The van der Waals surface area contributed by atoms with Gasteiger partial charge in [-0.2, -0.15) is 23.0 Å². The summed E-state index contributed by atoms with van der Waals surface area (Å²) in [5.41, 5.74) is -0.234. The molecule has 1 amide bonds. The zero-order chi connectivity index (χ0) is 20.4. The third-order valence-electron chi connectivity index (χ3n) is 3.98. The van der Waals surface area contributed by atoms with E-state index in [4.69, 9.17) is 0 Å². The summed E-state index contributed by atoms with van der Waals surface area (Å²) in [7, 11) is 0. The van der Waals surface area contributed by atoms with Gasteiger partial charge in [-0.25, -0.2) is 9.67 Å². The molecule has 29 heavy (non-hydrogen) atoms. The molecule has 0 bridgehead atoms. The molecule has 4 rings (SSSR count). The van der Waals surface area contributed by atoms with Crippen molar-refractivity contribution in [3.8, 4) is 11.4 Å². The van der Waals surface area contributed by atoms with Gasteiger partial charge in [0, 0.05) is 0 Å². The number of hydrogen-bond acceptors (Lipinski definition) is 6. The van der Waals surface area contributed by atoms with Crippen LogP contribution in [0.5, 0.6) is 0 Å². The standard InChI is InChI=1S/C17H11F3N8O/c18-17(19,20)11-5-6-15(27-9-21-8-23-27)13(7-11)24-16(29)12-3-1-2-4-14(12)28-10-22-25-26-28/h1-10H,(H,24,29). The Balaban J connectivity index is 1.75. The Hall–Kier alpha value is -4.09. The number of halogens is 3. The summed E-state index contributed by atoms with van der Waals surface area (Å²) in [6.45, 7) is 0. The fourth-order valence-corrected chi connectivity index (χ4v) is 2.67. The van der Waals surface area contributed by atoms with Crippen LogP contribution in [0.4, 0.5) is 18.9 Å². The number of aromatic nitrogens is 7. The minimum Gasteiger partial charge on any atom is -0.320 e. The van der Waals surface area contributed by atoms with Gasteiger partial charge in [0.2, 0.25) is 0 Å². The van der Waals surface area contributed by atoms with E-state index in [1.54, 1.807) is 18.2 Å². The maximum absolute atomic E-state index is 13.2. The number of para-hydroxylation sites is 1. The van der Waals surface area contributed by atoms with Gasteiger partial charge in [0.15, 0.2) is 0 Å². The molecule has 4 aromatic rings. The number of carbonyl (C=O) groups excluding carboxylic acids is 1. The van der Waals surface area contributed by atoms with Crippen LogP contribution in [-0.2, 0) is 6.18 Å². The van der Waals surface area contributed by atoms with Crippen LogP contribution in [0.2, 0.25) is 0 Å². The number of carbonyl (C=O) groups is 1. The lowest BCUT2D eigenvalue weighted by atomic mass is 10.1. The van der Waals surface area contributed by atoms with Crippen LogP contribution in [0.25, 0.3) is 11.4 Å². The predicted molar refractivity (Wildman–Crippen MR) is 93.5 cm³/mol. The number of amides is 1. The number of rotatable bonds is 4. The molecule has 0 radical (unpaired) electrons. The number of anilines is 1. The average molecular weight is 400 g/mol. The molecule has 1 N–H and O–H groups in total. The normalized spacial score (nSPS) is 11.4. The highest BCUT2D eigenvalue weighted by atomic mass is 19.4. The van der Waals surface area contributed by atoms with E-state index in [2.05, 4.69) is 30.9 Å². The molecule has 0 spiro atoms. The molecule has 2 aromatic heterocycles. The van der Waals surface area contributed by atoms with Crippen molar-refractivity contribution in [3.63, 3.8) is 0 Å². The van der Waals surface area contributed by atoms with Crippen LogP contribution in [0.3, 0.4) is 0 Å². The Morgan fingerprint density at radius 2 is 1.83 bits per heavy atom. The van der Waals surface area contributed by atoms with Crippen LogP contribution in [-0.4, -0.2) is 40.9 Å². The molecular formula is C17H11F3N8O. The van der Waals surface area contributed by atoms with Crippen molar-refractivity contribution in [2.45, 2.75) is 6.18 Å². The first-order chi connectivity index (χ1) is 13.9. The minimum absolute atomic E-state index is 0.0816. The molecule has 2 heterocycles. The molecule has 146 valence electrons. The highest BCUT2D eigenvalue weighted by Gasteiger charge is 2.31. The zero-order valence-corrected chi connectivity index (χ0v) is 14.4. The SMILES string of the molecule is O=C(Nc1cc(C(F)(F)F)ccc1-n1cncn1)c1ccccc1-n1cnnn1. The number of nitrogens with one attached hydrogen (secondary N) is 1. The Morgan fingerprint density at radius 3 is 2.52 bits per heavy atom. The van der Waals surface area contributed by atoms with Gasteiger partial charge in [-0.1, -0.05) is 12.1 Å². The van der Waals surface area contributed by atoms with Gasteiger partial charge in [-0.15, -0.1) is 5.10 Å². The third kappa shape index (κ3) is 3.67. The van der Waals surface area contributed by atoms with Gasteiger partial charge in [0.25, 0.3) is 5.91 Å². The first-order valence-electron chi connectivity index (χ1n) is 8.13. The highest BCUT2D eigenvalue weighted by molar-refractivity contribution is 6.07. The van der Waals surface area contributed by atoms with Crippen molar-refractivity contribution in [1.82, 2.24) is 35.0 Å². The predicted octanol–water partition coefficient (Wildman–Crippen LogP) is 2.51. The van der Waals surface area contributed by atoms with Crippen molar-refractivity contribution >= 4 is 11.6 Å². The molecule has 0 fully saturated rings. The van der Waals surface area contributed by atoms with Gasteiger partial charge in [0.1, 0.15) is 19.0 Å². The van der Waals surface area contributed by atoms with Crippen LogP contribution in [0.1, 0.15) is 15.9 Å². The van der Waals surface area contributed by atoms with E-state index < -0.39 is 17.6 Å². The van der Waals surface area contributed by atoms with Gasteiger partial charge >= 0.3 is 6.18 Å². The summed E-state index contributed by atoms with van der Waals surface area (Å²) in [5, 5.41) is 17.2. The first-order valence-corrected chi connectivity index (χ1v) is 8.13. The fraction of sp³-hybridized carbons (Fsp3) is 0.0588.